The molecule has 0 atom stereocenters. The van der Waals surface area contributed by atoms with Gasteiger partial charge >= 0.3 is 0 Å². The SMILES string of the molecule is CC/C=C(/C)C(=O)Nc1ccc(NS(=O)(=O)CCC)cc1. The van der Waals surface area contributed by atoms with Gasteiger partial charge in [-0.15, -0.1) is 0 Å². The minimum atomic E-state index is -3.29. The number of nitrogens with one attached hydrogen (secondary N) is 2. The fourth-order valence-electron chi connectivity index (χ4n) is 1.75. The number of allylic oxidation sites excluding steroid dienone is 1. The third-order valence-corrected chi connectivity index (χ3v) is 4.25. The molecule has 0 heterocycles. The molecule has 1 aromatic rings. The maximum absolute atomic E-state index is 11.8. The molecule has 0 unspecified atom stereocenters. The van der Waals surface area contributed by atoms with Crippen molar-refractivity contribution in [2.24, 2.45) is 0 Å². The first kappa shape index (κ1) is 17.2. The van der Waals surface area contributed by atoms with E-state index in [1.807, 2.05) is 19.9 Å². The fraction of sp³-hybridized carbons (Fsp3) is 0.400. The molecule has 2 N–H and O–H groups in total. The number of rotatable bonds is 7. The van der Waals surface area contributed by atoms with E-state index in [1.165, 1.54) is 0 Å². The molecule has 5 nitrogen and oxygen atoms in total. The zero-order valence-electron chi connectivity index (χ0n) is 12.6. The molecule has 0 aliphatic carbocycles. The van der Waals surface area contributed by atoms with Crippen LogP contribution in [0.15, 0.2) is 35.9 Å². The van der Waals surface area contributed by atoms with E-state index in [9.17, 15) is 13.2 Å². The standard InChI is InChI=1S/C15H22N2O3S/c1-4-6-12(3)15(18)16-13-7-9-14(10-8-13)17-21(19,20)11-5-2/h6-10,17H,4-5,11H2,1-3H3,(H,16,18)/b12-6-. The number of sulfonamides is 1. The Morgan fingerprint density at radius 2 is 1.71 bits per heavy atom. The van der Waals surface area contributed by atoms with Gasteiger partial charge in [-0.3, -0.25) is 9.52 Å². The minimum absolute atomic E-state index is 0.0898. The molecule has 0 aromatic heterocycles. The maximum Gasteiger partial charge on any atom is 0.250 e. The van der Waals surface area contributed by atoms with Crippen LogP contribution in [0.25, 0.3) is 0 Å². The van der Waals surface area contributed by atoms with Gasteiger partial charge in [-0.2, -0.15) is 0 Å². The lowest BCUT2D eigenvalue weighted by Gasteiger charge is -2.09. The second-order valence-corrected chi connectivity index (χ2v) is 6.59. The number of hydrogen-bond acceptors (Lipinski definition) is 3. The molecule has 1 amide bonds. The Bertz CT molecular complexity index is 604. The number of carbonyl (C=O) groups excluding carboxylic acids is 1. The summed E-state index contributed by atoms with van der Waals surface area (Å²) in [5.41, 5.74) is 1.77. The summed E-state index contributed by atoms with van der Waals surface area (Å²) in [7, 11) is -3.29. The number of carbonyl (C=O) groups is 1. The highest BCUT2D eigenvalue weighted by atomic mass is 32.2. The van der Waals surface area contributed by atoms with Crippen LogP contribution in [0.3, 0.4) is 0 Å². The van der Waals surface area contributed by atoms with Crippen molar-refractivity contribution >= 4 is 27.3 Å². The van der Waals surface area contributed by atoms with Crippen LogP contribution in [-0.2, 0) is 14.8 Å². The average Bonchev–Trinajstić information content (AvgIpc) is 2.40. The van der Waals surface area contributed by atoms with Gasteiger partial charge in [-0.1, -0.05) is 19.9 Å². The fourth-order valence-corrected chi connectivity index (χ4v) is 2.88. The van der Waals surface area contributed by atoms with Crippen molar-refractivity contribution in [2.45, 2.75) is 33.6 Å². The van der Waals surface area contributed by atoms with Crippen molar-refractivity contribution in [3.63, 3.8) is 0 Å². The van der Waals surface area contributed by atoms with E-state index < -0.39 is 10.0 Å². The van der Waals surface area contributed by atoms with Crippen molar-refractivity contribution in [2.75, 3.05) is 15.8 Å². The summed E-state index contributed by atoms with van der Waals surface area (Å²) < 4.78 is 25.8. The largest absolute Gasteiger partial charge is 0.322 e. The molecule has 1 aromatic carbocycles. The molecule has 0 spiro atoms. The number of hydrogen-bond donors (Lipinski definition) is 2. The number of amides is 1. The van der Waals surface area contributed by atoms with Crippen molar-refractivity contribution in [1.29, 1.82) is 0 Å². The first-order valence-corrected chi connectivity index (χ1v) is 8.62. The van der Waals surface area contributed by atoms with Gasteiger partial charge in [0.2, 0.25) is 10.0 Å². The Morgan fingerprint density at radius 3 is 2.24 bits per heavy atom. The minimum Gasteiger partial charge on any atom is -0.322 e. The van der Waals surface area contributed by atoms with Crippen LogP contribution in [0.4, 0.5) is 11.4 Å². The molecule has 0 aliphatic rings. The van der Waals surface area contributed by atoms with Gasteiger partial charge < -0.3 is 5.32 Å². The predicted octanol–water partition coefficient (Wildman–Crippen LogP) is 3.13. The van der Waals surface area contributed by atoms with Crippen LogP contribution in [0.2, 0.25) is 0 Å². The molecular formula is C15H22N2O3S. The quantitative estimate of drug-likeness (QED) is 0.760. The zero-order valence-corrected chi connectivity index (χ0v) is 13.5. The number of benzene rings is 1. The molecule has 1 rings (SSSR count). The molecule has 116 valence electrons. The summed E-state index contributed by atoms with van der Waals surface area (Å²) in [5, 5.41) is 2.76. The monoisotopic (exact) mass is 310 g/mol. The lowest BCUT2D eigenvalue weighted by Crippen LogP contribution is -2.16. The van der Waals surface area contributed by atoms with Crippen molar-refractivity contribution in [3.05, 3.63) is 35.9 Å². The van der Waals surface area contributed by atoms with Crippen LogP contribution >= 0.6 is 0 Å². The average molecular weight is 310 g/mol. The molecule has 0 saturated heterocycles. The van der Waals surface area contributed by atoms with Crippen LogP contribution in [0.1, 0.15) is 33.6 Å². The van der Waals surface area contributed by atoms with Gasteiger partial charge in [-0.25, -0.2) is 8.42 Å². The van der Waals surface area contributed by atoms with Crippen molar-refractivity contribution in [1.82, 2.24) is 0 Å². The van der Waals surface area contributed by atoms with Gasteiger partial charge in [0.05, 0.1) is 5.75 Å². The van der Waals surface area contributed by atoms with Crippen LogP contribution < -0.4 is 10.0 Å². The Balaban J connectivity index is 2.71. The molecule has 0 bridgehead atoms. The van der Waals surface area contributed by atoms with E-state index in [0.717, 1.165) is 6.42 Å². The number of anilines is 2. The van der Waals surface area contributed by atoms with Crippen LogP contribution in [-0.4, -0.2) is 20.1 Å². The third kappa shape index (κ3) is 5.99. The van der Waals surface area contributed by atoms with Crippen molar-refractivity contribution < 1.29 is 13.2 Å². The van der Waals surface area contributed by atoms with E-state index in [1.54, 1.807) is 31.2 Å². The van der Waals surface area contributed by atoms with Gasteiger partial charge in [0.15, 0.2) is 0 Å². The lowest BCUT2D eigenvalue weighted by atomic mass is 10.2. The lowest BCUT2D eigenvalue weighted by molar-refractivity contribution is -0.112. The second kappa shape index (κ2) is 7.83. The summed E-state index contributed by atoms with van der Waals surface area (Å²) in [5.74, 6) is -0.0666. The van der Waals surface area contributed by atoms with E-state index in [0.29, 0.717) is 23.4 Å². The van der Waals surface area contributed by atoms with Gasteiger partial charge in [-0.05, 0) is 44.0 Å². The first-order chi connectivity index (χ1) is 9.88. The summed E-state index contributed by atoms with van der Waals surface area (Å²) >= 11 is 0. The van der Waals surface area contributed by atoms with E-state index in [2.05, 4.69) is 10.0 Å². The smallest absolute Gasteiger partial charge is 0.250 e. The van der Waals surface area contributed by atoms with E-state index in [-0.39, 0.29) is 11.7 Å². The van der Waals surface area contributed by atoms with Gasteiger partial charge in [0.25, 0.3) is 5.91 Å². The molecular weight excluding hydrogens is 288 g/mol. The van der Waals surface area contributed by atoms with Crippen LogP contribution in [0.5, 0.6) is 0 Å². The Morgan fingerprint density at radius 1 is 1.14 bits per heavy atom. The maximum atomic E-state index is 11.8. The third-order valence-electron chi connectivity index (χ3n) is 2.76. The summed E-state index contributed by atoms with van der Waals surface area (Å²) in [6.45, 7) is 5.53. The highest BCUT2D eigenvalue weighted by Crippen LogP contribution is 2.16. The van der Waals surface area contributed by atoms with Gasteiger partial charge in [0.1, 0.15) is 0 Å². The Labute approximate surface area is 126 Å². The highest BCUT2D eigenvalue weighted by Gasteiger charge is 2.09. The molecule has 0 saturated carbocycles. The highest BCUT2D eigenvalue weighted by molar-refractivity contribution is 7.92. The Hall–Kier alpha value is -1.82. The zero-order chi connectivity index (χ0) is 15.9. The van der Waals surface area contributed by atoms with Crippen molar-refractivity contribution in [3.8, 4) is 0 Å². The summed E-state index contributed by atoms with van der Waals surface area (Å²) in [6.07, 6.45) is 3.21. The normalized spacial score (nSPS) is 12.0. The Kier molecular flexibility index (Phi) is 6.42. The molecule has 0 fully saturated rings. The first-order valence-electron chi connectivity index (χ1n) is 6.96. The summed E-state index contributed by atoms with van der Waals surface area (Å²) in [6, 6.07) is 6.59. The predicted molar refractivity (Wildman–Crippen MR) is 86.8 cm³/mol. The summed E-state index contributed by atoms with van der Waals surface area (Å²) in [4.78, 5) is 11.8. The molecule has 21 heavy (non-hydrogen) atoms. The molecule has 0 radical (unpaired) electrons. The van der Waals surface area contributed by atoms with Crippen LogP contribution in [0, 0.1) is 0 Å². The molecule has 6 heteroatoms. The van der Waals surface area contributed by atoms with E-state index in [4.69, 9.17) is 0 Å². The van der Waals surface area contributed by atoms with E-state index >= 15 is 0 Å². The van der Waals surface area contributed by atoms with Gasteiger partial charge in [0, 0.05) is 16.9 Å². The topological polar surface area (TPSA) is 75.3 Å². The second-order valence-electron chi connectivity index (χ2n) is 4.75. The molecule has 0 aliphatic heterocycles.